The number of nitrogens with one attached hydrogen (secondary N) is 1. The van der Waals surface area contributed by atoms with Gasteiger partial charge in [-0.15, -0.1) is 0 Å². The van der Waals surface area contributed by atoms with E-state index in [1.807, 2.05) is 24.3 Å². The van der Waals surface area contributed by atoms with E-state index >= 15 is 0 Å². The zero-order valence-electron chi connectivity index (χ0n) is 18.2. The highest BCUT2D eigenvalue weighted by Gasteiger charge is 2.20. The van der Waals surface area contributed by atoms with Crippen molar-refractivity contribution in [3.8, 4) is 0 Å². The molecule has 0 aromatic heterocycles. The predicted octanol–water partition coefficient (Wildman–Crippen LogP) is 5.85. The van der Waals surface area contributed by atoms with Gasteiger partial charge in [0.15, 0.2) is 0 Å². The van der Waals surface area contributed by atoms with Gasteiger partial charge in [-0.25, -0.2) is 0 Å². The van der Waals surface area contributed by atoms with Gasteiger partial charge in [0.2, 0.25) is 5.91 Å². The highest BCUT2D eigenvalue weighted by Crippen LogP contribution is 2.26. The maximum absolute atomic E-state index is 12.4. The van der Waals surface area contributed by atoms with Gasteiger partial charge in [0, 0.05) is 17.6 Å². The van der Waals surface area contributed by atoms with Crippen LogP contribution in [0, 0.1) is 0 Å². The van der Waals surface area contributed by atoms with Crippen molar-refractivity contribution in [2.75, 3.05) is 19.6 Å². The molecule has 0 unspecified atom stereocenters. The molecule has 0 aliphatic rings. The van der Waals surface area contributed by atoms with Crippen LogP contribution in [-0.2, 0) is 10.2 Å². The third-order valence-corrected chi connectivity index (χ3v) is 5.43. The molecule has 2 rings (SSSR count). The molecule has 1 atom stereocenters. The van der Waals surface area contributed by atoms with Gasteiger partial charge < -0.3 is 5.32 Å². The van der Waals surface area contributed by atoms with Crippen LogP contribution in [-0.4, -0.2) is 30.4 Å². The van der Waals surface area contributed by atoms with Gasteiger partial charge in [-0.05, 0) is 53.4 Å². The van der Waals surface area contributed by atoms with Crippen molar-refractivity contribution in [3.63, 3.8) is 0 Å². The van der Waals surface area contributed by atoms with Gasteiger partial charge in [0.25, 0.3) is 0 Å². The van der Waals surface area contributed by atoms with Crippen LogP contribution in [0.4, 0.5) is 0 Å². The number of nitrogens with zero attached hydrogens (tertiary/aromatic N) is 1. The Balaban J connectivity index is 2.08. The standard InChI is InChI=1S/C25H33ClN2O/c1-6-28(7-2)23(20-11-13-21(14-12-20)25(3,4)5)18-27-24(29)17-10-19-8-15-22(26)16-9-19/h8-17,23H,6-7,18H2,1-5H3,(H,27,29)/b17-10+/t23-/m1/s1. The molecule has 0 radical (unpaired) electrons. The Kier molecular flexibility index (Phi) is 8.48. The SMILES string of the molecule is CCN(CC)[C@H](CNC(=O)/C=C/c1ccc(Cl)cc1)c1ccc(C(C)(C)C)cc1. The molecule has 0 bridgehead atoms. The Morgan fingerprint density at radius 3 is 2.14 bits per heavy atom. The quantitative estimate of drug-likeness (QED) is 0.551. The van der Waals surface area contributed by atoms with Crippen molar-refractivity contribution in [2.24, 2.45) is 0 Å². The van der Waals surface area contributed by atoms with Crippen molar-refractivity contribution in [3.05, 3.63) is 76.3 Å². The minimum atomic E-state index is -0.0941. The first-order valence-corrected chi connectivity index (χ1v) is 10.7. The van der Waals surface area contributed by atoms with Crippen molar-refractivity contribution in [1.29, 1.82) is 0 Å². The lowest BCUT2D eigenvalue weighted by molar-refractivity contribution is -0.116. The number of amides is 1. The Labute approximate surface area is 180 Å². The largest absolute Gasteiger partial charge is 0.351 e. The molecular weight excluding hydrogens is 380 g/mol. The lowest BCUT2D eigenvalue weighted by Gasteiger charge is -2.30. The number of halogens is 1. The monoisotopic (exact) mass is 412 g/mol. The Hall–Kier alpha value is -2.10. The van der Waals surface area contributed by atoms with Crippen molar-refractivity contribution < 1.29 is 4.79 Å². The summed E-state index contributed by atoms with van der Waals surface area (Å²) in [6, 6.07) is 16.4. The summed E-state index contributed by atoms with van der Waals surface area (Å²) >= 11 is 5.90. The number of likely N-dealkylation sites (N-methyl/N-ethyl adjacent to an activating group) is 1. The first kappa shape index (κ1) is 23.2. The summed E-state index contributed by atoms with van der Waals surface area (Å²) in [5.74, 6) is -0.0941. The highest BCUT2D eigenvalue weighted by atomic mass is 35.5. The lowest BCUT2D eigenvalue weighted by atomic mass is 9.86. The first-order valence-electron chi connectivity index (χ1n) is 10.3. The second-order valence-corrected chi connectivity index (χ2v) is 8.68. The molecule has 0 heterocycles. The molecule has 1 N–H and O–H groups in total. The van der Waals surface area contributed by atoms with Gasteiger partial charge >= 0.3 is 0 Å². The van der Waals surface area contributed by atoms with E-state index in [4.69, 9.17) is 11.6 Å². The second-order valence-electron chi connectivity index (χ2n) is 8.24. The molecule has 2 aromatic carbocycles. The molecule has 0 saturated heterocycles. The zero-order chi connectivity index (χ0) is 21.4. The van der Waals surface area contributed by atoms with E-state index in [0.717, 1.165) is 18.7 Å². The van der Waals surface area contributed by atoms with Crippen LogP contribution in [0.1, 0.15) is 57.4 Å². The molecule has 2 aromatic rings. The second kappa shape index (κ2) is 10.6. The smallest absolute Gasteiger partial charge is 0.244 e. The number of hydrogen-bond acceptors (Lipinski definition) is 2. The third-order valence-electron chi connectivity index (χ3n) is 5.18. The van der Waals surface area contributed by atoms with E-state index < -0.39 is 0 Å². The van der Waals surface area contributed by atoms with Gasteiger partial charge in [0.1, 0.15) is 0 Å². The van der Waals surface area contributed by atoms with Gasteiger partial charge in [-0.2, -0.15) is 0 Å². The molecule has 0 aliphatic carbocycles. The minimum absolute atomic E-state index is 0.0941. The van der Waals surface area contributed by atoms with Crippen LogP contribution in [0.5, 0.6) is 0 Å². The zero-order valence-corrected chi connectivity index (χ0v) is 19.0. The number of carbonyl (C=O) groups excluding carboxylic acids is 1. The van der Waals surface area contributed by atoms with Crippen LogP contribution in [0.3, 0.4) is 0 Å². The molecule has 0 saturated carbocycles. The van der Waals surface area contributed by atoms with Crippen LogP contribution in [0.2, 0.25) is 5.02 Å². The summed E-state index contributed by atoms with van der Waals surface area (Å²) in [6.07, 6.45) is 3.38. The molecule has 3 nitrogen and oxygen atoms in total. The van der Waals surface area contributed by atoms with Crippen molar-refractivity contribution >= 4 is 23.6 Å². The van der Waals surface area contributed by atoms with E-state index in [1.165, 1.54) is 11.1 Å². The summed E-state index contributed by atoms with van der Waals surface area (Å²) in [5, 5.41) is 3.75. The Bertz CT molecular complexity index is 800. The van der Waals surface area contributed by atoms with E-state index in [-0.39, 0.29) is 17.4 Å². The molecule has 0 aliphatic heterocycles. The van der Waals surface area contributed by atoms with Crippen molar-refractivity contribution in [2.45, 2.75) is 46.1 Å². The van der Waals surface area contributed by atoms with E-state index in [2.05, 4.69) is 69.1 Å². The Morgan fingerprint density at radius 2 is 1.62 bits per heavy atom. The number of hydrogen-bond donors (Lipinski definition) is 1. The topological polar surface area (TPSA) is 32.3 Å². The molecule has 0 fully saturated rings. The molecule has 29 heavy (non-hydrogen) atoms. The van der Waals surface area contributed by atoms with E-state index in [0.29, 0.717) is 11.6 Å². The first-order chi connectivity index (χ1) is 13.7. The molecule has 0 spiro atoms. The maximum atomic E-state index is 12.4. The van der Waals surface area contributed by atoms with Gasteiger partial charge in [-0.1, -0.05) is 82.6 Å². The number of carbonyl (C=O) groups is 1. The molecule has 4 heteroatoms. The van der Waals surface area contributed by atoms with E-state index in [1.54, 1.807) is 12.2 Å². The van der Waals surface area contributed by atoms with Gasteiger partial charge in [-0.3, -0.25) is 9.69 Å². The molecule has 156 valence electrons. The number of rotatable bonds is 8. The third kappa shape index (κ3) is 7.02. The molecular formula is C25H33ClN2O. The molecule has 1 amide bonds. The predicted molar refractivity (Wildman–Crippen MR) is 124 cm³/mol. The van der Waals surface area contributed by atoms with Crippen LogP contribution in [0.15, 0.2) is 54.6 Å². The van der Waals surface area contributed by atoms with Crippen LogP contribution in [0.25, 0.3) is 6.08 Å². The fourth-order valence-corrected chi connectivity index (χ4v) is 3.46. The summed E-state index contributed by atoms with van der Waals surface area (Å²) in [6.45, 7) is 13.4. The fourth-order valence-electron chi connectivity index (χ4n) is 3.33. The van der Waals surface area contributed by atoms with Crippen LogP contribution >= 0.6 is 11.6 Å². The average molecular weight is 413 g/mol. The fraction of sp³-hybridized carbons (Fsp3) is 0.400. The highest BCUT2D eigenvalue weighted by molar-refractivity contribution is 6.30. The van der Waals surface area contributed by atoms with Crippen molar-refractivity contribution in [1.82, 2.24) is 10.2 Å². The van der Waals surface area contributed by atoms with E-state index in [9.17, 15) is 4.79 Å². The van der Waals surface area contributed by atoms with Gasteiger partial charge in [0.05, 0.1) is 6.04 Å². The summed E-state index contributed by atoms with van der Waals surface area (Å²) in [4.78, 5) is 14.7. The summed E-state index contributed by atoms with van der Waals surface area (Å²) in [5.41, 5.74) is 3.62. The lowest BCUT2D eigenvalue weighted by Crippen LogP contribution is -2.37. The summed E-state index contributed by atoms with van der Waals surface area (Å²) in [7, 11) is 0. The minimum Gasteiger partial charge on any atom is -0.351 e. The average Bonchev–Trinajstić information content (AvgIpc) is 2.70. The number of benzene rings is 2. The normalized spacial score (nSPS) is 13.1. The summed E-state index contributed by atoms with van der Waals surface area (Å²) < 4.78 is 0. The maximum Gasteiger partial charge on any atom is 0.244 e. The Morgan fingerprint density at radius 1 is 1.03 bits per heavy atom. The van der Waals surface area contributed by atoms with Crippen LogP contribution < -0.4 is 5.32 Å².